The Hall–Kier alpha value is -1.87. The van der Waals surface area contributed by atoms with Crippen LogP contribution in [0.3, 0.4) is 0 Å². The quantitative estimate of drug-likeness (QED) is 0.788. The minimum absolute atomic E-state index is 0.309. The second kappa shape index (κ2) is 7.51. The largest absolute Gasteiger partial charge is 0.506 e. The van der Waals surface area contributed by atoms with Crippen molar-refractivity contribution in [3.8, 4) is 5.75 Å². The minimum atomic E-state index is -4.17. The van der Waals surface area contributed by atoms with E-state index in [2.05, 4.69) is 25.7 Å². The Morgan fingerprint density at radius 3 is 2.39 bits per heavy atom. The van der Waals surface area contributed by atoms with Gasteiger partial charge >= 0.3 is 10.2 Å². The first-order chi connectivity index (χ1) is 13.0. The first kappa shape index (κ1) is 20.9. The molecule has 2 aliphatic rings. The highest BCUT2D eigenvalue weighted by molar-refractivity contribution is 7.92. The molecule has 0 atom stereocenters. The monoisotopic (exact) mass is 413 g/mol. The molecule has 0 radical (unpaired) electrons. The summed E-state index contributed by atoms with van der Waals surface area (Å²) in [6.45, 7) is 8.99. The van der Waals surface area contributed by atoms with Crippen LogP contribution in [0.15, 0.2) is 12.1 Å². The number of carbonyl (C=O) groups is 1. The fourth-order valence-electron chi connectivity index (χ4n) is 3.99. The number of phenols is 1. The molecule has 0 saturated carbocycles. The molecule has 0 unspecified atom stereocenters. The lowest BCUT2D eigenvalue weighted by Gasteiger charge is -2.38. The Labute approximate surface area is 165 Å². The molecule has 3 rings (SSSR count). The van der Waals surface area contributed by atoms with Gasteiger partial charge in [-0.25, -0.2) is 13.4 Å². The molecule has 1 aromatic carbocycles. The van der Waals surface area contributed by atoms with Gasteiger partial charge in [0.15, 0.2) is 5.82 Å². The normalized spacial score (nSPS) is 21.1. The lowest BCUT2D eigenvalue weighted by Crippen LogP contribution is -2.38. The number of halogens is 1. The number of piperidine rings is 1. The fourth-order valence-corrected chi connectivity index (χ4v) is 5.16. The summed E-state index contributed by atoms with van der Waals surface area (Å²) >= 11 is 0. The zero-order chi connectivity index (χ0) is 20.7. The van der Waals surface area contributed by atoms with Crippen LogP contribution in [0.5, 0.6) is 5.75 Å². The van der Waals surface area contributed by atoms with E-state index in [-0.39, 0.29) is 0 Å². The SMILES string of the molecule is CC(C)(C)C1CCN(CCc2cc(O)c(N3CC(=O)NS3(=O)=O)c(F)c2)CC1. The molecule has 0 aliphatic carbocycles. The summed E-state index contributed by atoms with van der Waals surface area (Å²) in [5, 5.41) is 10.2. The van der Waals surface area contributed by atoms with Crippen molar-refractivity contribution >= 4 is 21.8 Å². The molecular formula is C19H28FN3O4S. The third kappa shape index (κ3) is 4.41. The molecule has 0 bridgehead atoms. The van der Waals surface area contributed by atoms with E-state index in [1.54, 1.807) is 4.72 Å². The van der Waals surface area contributed by atoms with Crippen molar-refractivity contribution in [1.29, 1.82) is 0 Å². The van der Waals surface area contributed by atoms with Crippen LogP contribution >= 0.6 is 0 Å². The minimum Gasteiger partial charge on any atom is -0.506 e. The first-order valence-corrected chi connectivity index (χ1v) is 11.0. The van der Waals surface area contributed by atoms with E-state index in [0.717, 1.165) is 32.5 Å². The molecule has 2 aliphatic heterocycles. The van der Waals surface area contributed by atoms with Crippen molar-refractivity contribution in [2.45, 2.75) is 40.0 Å². The van der Waals surface area contributed by atoms with Crippen LogP contribution < -0.4 is 9.03 Å². The van der Waals surface area contributed by atoms with Gasteiger partial charge in [0.05, 0.1) is 0 Å². The summed E-state index contributed by atoms with van der Waals surface area (Å²) in [6, 6.07) is 2.61. The Morgan fingerprint density at radius 1 is 1.25 bits per heavy atom. The zero-order valence-electron chi connectivity index (χ0n) is 16.5. The zero-order valence-corrected chi connectivity index (χ0v) is 17.4. The smallest absolute Gasteiger partial charge is 0.326 e. The molecule has 0 aromatic heterocycles. The highest BCUT2D eigenvalue weighted by Crippen LogP contribution is 2.36. The number of benzene rings is 1. The van der Waals surface area contributed by atoms with E-state index in [1.165, 1.54) is 12.1 Å². The maximum atomic E-state index is 14.6. The number of carbonyl (C=O) groups excluding carboxylic acids is 1. The predicted molar refractivity (Wildman–Crippen MR) is 105 cm³/mol. The summed E-state index contributed by atoms with van der Waals surface area (Å²) in [5.41, 5.74) is 0.406. The van der Waals surface area contributed by atoms with Gasteiger partial charge in [-0.3, -0.25) is 4.79 Å². The van der Waals surface area contributed by atoms with Crippen LogP contribution in [0, 0.1) is 17.2 Å². The van der Waals surface area contributed by atoms with Gasteiger partial charge in [-0.05, 0) is 61.4 Å². The van der Waals surface area contributed by atoms with Gasteiger partial charge in [-0.15, -0.1) is 0 Å². The highest BCUT2D eigenvalue weighted by atomic mass is 32.2. The Kier molecular flexibility index (Phi) is 5.60. The topological polar surface area (TPSA) is 89.9 Å². The van der Waals surface area contributed by atoms with E-state index in [1.807, 2.05) is 0 Å². The van der Waals surface area contributed by atoms with E-state index in [9.17, 15) is 22.7 Å². The molecule has 2 heterocycles. The number of nitrogens with one attached hydrogen (secondary N) is 1. The molecule has 156 valence electrons. The number of anilines is 1. The number of hydrogen-bond donors (Lipinski definition) is 2. The van der Waals surface area contributed by atoms with E-state index < -0.39 is 39.9 Å². The maximum Gasteiger partial charge on any atom is 0.326 e. The van der Waals surface area contributed by atoms with Crippen molar-refractivity contribution in [3.05, 3.63) is 23.5 Å². The standard InChI is InChI=1S/C19H28FN3O4S/c1-19(2,3)14-5-8-22(9-6-14)7-4-13-10-15(20)18(16(24)11-13)23-12-17(25)21-28(23,26)27/h10-11,14,24H,4-9,12H2,1-3H3,(H,21,25). The lowest BCUT2D eigenvalue weighted by molar-refractivity contribution is -0.117. The number of hydrogen-bond acceptors (Lipinski definition) is 5. The van der Waals surface area contributed by atoms with Crippen molar-refractivity contribution in [3.63, 3.8) is 0 Å². The fraction of sp³-hybridized carbons (Fsp3) is 0.632. The van der Waals surface area contributed by atoms with Crippen molar-refractivity contribution in [1.82, 2.24) is 9.62 Å². The van der Waals surface area contributed by atoms with Crippen molar-refractivity contribution in [2.24, 2.45) is 11.3 Å². The van der Waals surface area contributed by atoms with Gasteiger partial charge in [-0.1, -0.05) is 20.8 Å². The third-order valence-corrected chi connectivity index (χ3v) is 7.08. The molecule has 2 fully saturated rings. The van der Waals surface area contributed by atoms with Crippen LogP contribution in [0.1, 0.15) is 39.2 Å². The predicted octanol–water partition coefficient (Wildman–Crippen LogP) is 2.01. The Morgan fingerprint density at radius 2 is 1.89 bits per heavy atom. The first-order valence-electron chi connectivity index (χ1n) is 9.54. The molecule has 1 amide bonds. The van der Waals surface area contributed by atoms with Gasteiger partial charge in [0.25, 0.3) is 5.91 Å². The average Bonchev–Trinajstić information content (AvgIpc) is 2.84. The van der Waals surface area contributed by atoms with Crippen LogP contribution in [0.2, 0.25) is 0 Å². The number of aromatic hydroxyl groups is 1. The molecule has 1 aromatic rings. The van der Waals surface area contributed by atoms with Crippen LogP contribution in [0.4, 0.5) is 10.1 Å². The van der Waals surface area contributed by atoms with Gasteiger partial charge in [0.1, 0.15) is 18.0 Å². The van der Waals surface area contributed by atoms with Crippen LogP contribution in [-0.4, -0.2) is 50.5 Å². The second-order valence-corrected chi connectivity index (χ2v) is 10.3. The molecule has 2 saturated heterocycles. The van der Waals surface area contributed by atoms with Crippen LogP contribution in [0.25, 0.3) is 0 Å². The number of amides is 1. The summed E-state index contributed by atoms with van der Waals surface area (Å²) in [7, 11) is -4.17. The van der Waals surface area contributed by atoms with Gasteiger partial charge in [-0.2, -0.15) is 8.42 Å². The van der Waals surface area contributed by atoms with Gasteiger partial charge in [0, 0.05) is 6.54 Å². The summed E-state index contributed by atoms with van der Waals surface area (Å²) in [4.78, 5) is 13.7. The molecular weight excluding hydrogens is 385 g/mol. The van der Waals surface area contributed by atoms with Crippen LogP contribution in [-0.2, 0) is 21.4 Å². The second-order valence-electron chi connectivity index (χ2n) is 8.71. The highest BCUT2D eigenvalue weighted by Gasteiger charge is 2.37. The summed E-state index contributed by atoms with van der Waals surface area (Å²) < 4.78 is 40.7. The van der Waals surface area contributed by atoms with E-state index in [0.29, 0.717) is 27.6 Å². The van der Waals surface area contributed by atoms with Crippen molar-refractivity contribution in [2.75, 3.05) is 30.5 Å². The van der Waals surface area contributed by atoms with Crippen molar-refractivity contribution < 1.29 is 22.7 Å². The number of rotatable bonds is 4. The number of phenolic OH excluding ortho intramolecular Hbond substituents is 1. The summed E-state index contributed by atoms with van der Waals surface area (Å²) in [5.74, 6) is -1.41. The molecule has 28 heavy (non-hydrogen) atoms. The van der Waals surface area contributed by atoms with E-state index in [4.69, 9.17) is 0 Å². The molecule has 9 heteroatoms. The molecule has 0 spiro atoms. The average molecular weight is 414 g/mol. The number of likely N-dealkylation sites (tertiary alicyclic amines) is 1. The molecule has 2 N–H and O–H groups in total. The Balaban J connectivity index is 1.65. The third-order valence-electron chi connectivity index (χ3n) is 5.70. The van der Waals surface area contributed by atoms with Gasteiger partial charge in [0.2, 0.25) is 0 Å². The molecule has 7 nitrogen and oxygen atoms in total. The van der Waals surface area contributed by atoms with E-state index >= 15 is 0 Å². The lowest BCUT2D eigenvalue weighted by atomic mass is 9.75. The number of nitrogens with zero attached hydrogens (tertiary/aromatic N) is 2. The van der Waals surface area contributed by atoms with Gasteiger partial charge < -0.3 is 10.0 Å². The Bertz CT molecular complexity index is 835. The summed E-state index contributed by atoms with van der Waals surface area (Å²) in [6.07, 6.45) is 2.82. The maximum absolute atomic E-state index is 14.6.